The Balaban J connectivity index is 1.77. The molecule has 1 saturated carbocycles. The summed E-state index contributed by atoms with van der Waals surface area (Å²) >= 11 is 0. The van der Waals surface area contributed by atoms with Crippen LogP contribution in [0.2, 0.25) is 0 Å². The molecule has 1 fully saturated rings. The number of amides is 3. The van der Waals surface area contributed by atoms with Gasteiger partial charge in [-0.3, -0.25) is 4.79 Å². The van der Waals surface area contributed by atoms with Crippen molar-refractivity contribution in [1.29, 1.82) is 0 Å². The number of hydrogen-bond donors (Lipinski definition) is 2. The third-order valence-corrected chi connectivity index (χ3v) is 6.03. The van der Waals surface area contributed by atoms with Gasteiger partial charge in [0.2, 0.25) is 0 Å². The molecule has 3 amide bonds. The van der Waals surface area contributed by atoms with Crippen molar-refractivity contribution < 1.29 is 28.7 Å². The average Bonchev–Trinajstić information content (AvgIpc) is 2.81. The molecule has 0 saturated heterocycles. The van der Waals surface area contributed by atoms with E-state index in [4.69, 9.17) is 9.47 Å². The minimum absolute atomic E-state index is 0.136. The zero-order chi connectivity index (χ0) is 24.0. The van der Waals surface area contributed by atoms with Gasteiger partial charge in [-0.25, -0.2) is 14.4 Å². The molecule has 2 N–H and O–H groups in total. The van der Waals surface area contributed by atoms with Crippen LogP contribution >= 0.6 is 0 Å². The molecule has 0 unspecified atom stereocenters. The van der Waals surface area contributed by atoms with Gasteiger partial charge in [-0.05, 0) is 38.8 Å². The van der Waals surface area contributed by atoms with Crippen molar-refractivity contribution in [2.75, 3.05) is 20.3 Å². The number of esters is 2. The molecular weight excluding hydrogens is 426 g/mol. The summed E-state index contributed by atoms with van der Waals surface area (Å²) in [5.74, 6) is -1.55. The molecule has 1 aliphatic carbocycles. The molecule has 0 spiro atoms. The Kier molecular flexibility index (Phi) is 8.08. The summed E-state index contributed by atoms with van der Waals surface area (Å²) in [6.07, 6.45) is 5.25. The summed E-state index contributed by atoms with van der Waals surface area (Å²) in [7, 11) is 1.77. The van der Waals surface area contributed by atoms with Crippen LogP contribution in [0.3, 0.4) is 0 Å². The monoisotopic (exact) mass is 457 g/mol. The topological polar surface area (TPSA) is 114 Å². The second-order valence-electron chi connectivity index (χ2n) is 8.26. The number of nitrogens with zero attached hydrogens (tertiary/aromatic N) is 1. The molecule has 9 heteroatoms. The van der Waals surface area contributed by atoms with Crippen molar-refractivity contribution in [1.82, 2.24) is 15.5 Å². The molecule has 1 aromatic rings. The SMILES string of the molecule is CCOC(=O)C1=C(COC(=O)c2ccccc2C(=O)N(C)C2CCCCC2)NC(=O)N[C@H]1C. The Morgan fingerprint density at radius 2 is 1.70 bits per heavy atom. The average molecular weight is 458 g/mol. The molecule has 0 radical (unpaired) electrons. The van der Waals surface area contributed by atoms with Crippen LogP contribution in [0.1, 0.15) is 66.7 Å². The number of carbonyl (C=O) groups excluding carboxylic acids is 4. The first-order valence-corrected chi connectivity index (χ1v) is 11.3. The number of rotatable bonds is 7. The second kappa shape index (κ2) is 11.0. The van der Waals surface area contributed by atoms with E-state index in [2.05, 4.69) is 10.6 Å². The van der Waals surface area contributed by atoms with Gasteiger partial charge in [0.25, 0.3) is 5.91 Å². The van der Waals surface area contributed by atoms with E-state index in [1.165, 1.54) is 12.5 Å². The summed E-state index contributed by atoms with van der Waals surface area (Å²) in [6.45, 7) is 3.14. The predicted molar refractivity (Wildman–Crippen MR) is 120 cm³/mol. The molecule has 1 aliphatic heterocycles. The molecule has 1 atom stereocenters. The van der Waals surface area contributed by atoms with Crippen LogP contribution in [0.15, 0.2) is 35.5 Å². The zero-order valence-corrected chi connectivity index (χ0v) is 19.3. The number of urea groups is 1. The van der Waals surface area contributed by atoms with Crippen molar-refractivity contribution in [3.63, 3.8) is 0 Å². The van der Waals surface area contributed by atoms with Crippen molar-refractivity contribution >= 4 is 23.9 Å². The van der Waals surface area contributed by atoms with Crippen LogP contribution in [0.4, 0.5) is 4.79 Å². The first kappa shape index (κ1) is 24.3. The van der Waals surface area contributed by atoms with Gasteiger partial charge in [0.05, 0.1) is 35.0 Å². The quantitative estimate of drug-likeness (QED) is 0.609. The molecule has 0 bridgehead atoms. The smallest absolute Gasteiger partial charge is 0.339 e. The summed E-state index contributed by atoms with van der Waals surface area (Å²) in [5, 5.41) is 5.10. The third kappa shape index (κ3) is 5.71. The predicted octanol–water partition coefficient (Wildman–Crippen LogP) is 2.77. The lowest BCUT2D eigenvalue weighted by molar-refractivity contribution is -0.139. The number of benzene rings is 1. The summed E-state index contributed by atoms with van der Waals surface area (Å²) in [5.41, 5.74) is 0.737. The Labute approximate surface area is 193 Å². The Morgan fingerprint density at radius 1 is 1.03 bits per heavy atom. The lowest BCUT2D eigenvalue weighted by atomic mass is 9.94. The van der Waals surface area contributed by atoms with Crippen molar-refractivity contribution in [3.05, 3.63) is 46.7 Å². The van der Waals surface area contributed by atoms with Crippen LogP contribution in [0, 0.1) is 0 Å². The summed E-state index contributed by atoms with van der Waals surface area (Å²) < 4.78 is 10.5. The van der Waals surface area contributed by atoms with Crippen molar-refractivity contribution in [2.24, 2.45) is 0 Å². The lowest BCUT2D eigenvalue weighted by Crippen LogP contribution is -2.50. The van der Waals surface area contributed by atoms with Gasteiger partial charge in [-0.15, -0.1) is 0 Å². The minimum atomic E-state index is -0.716. The van der Waals surface area contributed by atoms with E-state index in [9.17, 15) is 19.2 Å². The van der Waals surface area contributed by atoms with Crippen LogP contribution in [-0.2, 0) is 14.3 Å². The van der Waals surface area contributed by atoms with Crippen LogP contribution in [0.5, 0.6) is 0 Å². The van der Waals surface area contributed by atoms with Crippen molar-refractivity contribution in [3.8, 4) is 0 Å². The van der Waals surface area contributed by atoms with Gasteiger partial charge in [-0.2, -0.15) is 0 Å². The third-order valence-electron chi connectivity index (χ3n) is 6.03. The van der Waals surface area contributed by atoms with Gasteiger partial charge < -0.3 is 25.0 Å². The zero-order valence-electron chi connectivity index (χ0n) is 19.3. The molecule has 9 nitrogen and oxygen atoms in total. The Hall–Kier alpha value is -3.36. The number of nitrogens with one attached hydrogen (secondary N) is 2. The van der Waals surface area contributed by atoms with E-state index < -0.39 is 24.0 Å². The van der Waals surface area contributed by atoms with Crippen LogP contribution < -0.4 is 10.6 Å². The lowest BCUT2D eigenvalue weighted by Gasteiger charge is -2.31. The van der Waals surface area contributed by atoms with Crippen LogP contribution in [-0.4, -0.2) is 61.1 Å². The van der Waals surface area contributed by atoms with E-state index in [1.807, 2.05) is 0 Å². The van der Waals surface area contributed by atoms with Gasteiger partial charge >= 0.3 is 18.0 Å². The molecule has 0 aromatic heterocycles. The number of ether oxygens (including phenoxy) is 2. The minimum Gasteiger partial charge on any atom is -0.463 e. The number of hydrogen-bond acceptors (Lipinski definition) is 6. The maximum Gasteiger partial charge on any atom is 0.339 e. The molecule has 3 rings (SSSR count). The van der Waals surface area contributed by atoms with E-state index in [-0.39, 0.29) is 47.6 Å². The highest BCUT2D eigenvalue weighted by atomic mass is 16.5. The van der Waals surface area contributed by atoms with Gasteiger partial charge in [0.1, 0.15) is 6.61 Å². The molecule has 33 heavy (non-hydrogen) atoms. The highest BCUT2D eigenvalue weighted by molar-refractivity contribution is 6.05. The molecule has 2 aliphatic rings. The fourth-order valence-corrected chi connectivity index (χ4v) is 4.28. The maximum absolute atomic E-state index is 13.2. The fourth-order valence-electron chi connectivity index (χ4n) is 4.28. The molecule has 1 aromatic carbocycles. The molecule has 178 valence electrons. The Morgan fingerprint density at radius 3 is 2.36 bits per heavy atom. The van der Waals surface area contributed by atoms with E-state index in [1.54, 1.807) is 44.0 Å². The maximum atomic E-state index is 13.2. The first-order chi connectivity index (χ1) is 15.8. The van der Waals surface area contributed by atoms with E-state index in [0.29, 0.717) is 0 Å². The fraction of sp³-hybridized carbons (Fsp3) is 0.500. The number of carbonyl (C=O) groups is 4. The largest absolute Gasteiger partial charge is 0.463 e. The second-order valence-corrected chi connectivity index (χ2v) is 8.26. The van der Waals surface area contributed by atoms with Crippen LogP contribution in [0.25, 0.3) is 0 Å². The Bertz CT molecular complexity index is 951. The highest BCUT2D eigenvalue weighted by Gasteiger charge is 2.31. The normalized spacial score (nSPS) is 18.8. The highest BCUT2D eigenvalue weighted by Crippen LogP contribution is 2.24. The van der Waals surface area contributed by atoms with E-state index in [0.717, 1.165) is 25.7 Å². The van der Waals surface area contributed by atoms with E-state index >= 15 is 0 Å². The summed E-state index contributed by atoms with van der Waals surface area (Å²) in [4.78, 5) is 52.0. The van der Waals surface area contributed by atoms with Crippen molar-refractivity contribution in [2.45, 2.75) is 58.0 Å². The first-order valence-electron chi connectivity index (χ1n) is 11.3. The standard InChI is InChI=1S/C24H31N3O6/c1-4-32-23(30)20-15(2)25-24(31)26-19(20)14-33-22(29)18-13-9-8-12-17(18)21(28)27(3)16-10-6-5-7-11-16/h8-9,12-13,15-16H,4-7,10-11,14H2,1-3H3,(H2,25,26,31)/t15-/m0/s1. The van der Waals surface area contributed by atoms with Gasteiger partial charge in [0, 0.05) is 13.1 Å². The summed E-state index contributed by atoms with van der Waals surface area (Å²) in [6, 6.07) is 5.54. The molecular formula is C24H31N3O6. The van der Waals surface area contributed by atoms with Gasteiger partial charge in [0.15, 0.2) is 0 Å². The van der Waals surface area contributed by atoms with Gasteiger partial charge in [-0.1, -0.05) is 31.4 Å². The molecule has 1 heterocycles.